The molecular weight excluding hydrogens is 228 g/mol. The average molecular weight is 245 g/mol. The van der Waals surface area contributed by atoms with Crippen molar-refractivity contribution in [1.29, 1.82) is 0 Å². The van der Waals surface area contributed by atoms with Crippen LogP contribution in [0.3, 0.4) is 0 Å². The highest BCUT2D eigenvalue weighted by Gasteiger charge is 2.12. The number of fused-ring (bicyclic) bond motifs is 1. The summed E-state index contributed by atoms with van der Waals surface area (Å²) in [7, 11) is 2.36. The Hall–Kier alpha value is -1.16. The number of benzene rings is 2. The van der Waals surface area contributed by atoms with Gasteiger partial charge in [-0.1, -0.05) is 42.5 Å². The van der Waals surface area contributed by atoms with Gasteiger partial charge in [-0.3, -0.25) is 0 Å². The molecule has 0 amide bonds. The monoisotopic (exact) mass is 245 g/mol. The summed E-state index contributed by atoms with van der Waals surface area (Å²) >= 11 is 0. The highest BCUT2D eigenvalue weighted by atomic mass is 28.3. The van der Waals surface area contributed by atoms with Crippen LogP contribution in [0.1, 0.15) is 5.56 Å². The number of aryl methyl sites for hydroxylation is 1. The summed E-state index contributed by atoms with van der Waals surface area (Å²) in [4.78, 5) is 0. The quantitative estimate of drug-likeness (QED) is 0.753. The predicted molar refractivity (Wildman–Crippen MR) is 72.2 cm³/mol. The number of hydrogen-bond acceptors (Lipinski definition) is 2. The summed E-state index contributed by atoms with van der Waals surface area (Å²) in [5, 5.41) is 2.64. The van der Waals surface area contributed by atoms with Crippen LogP contribution in [0.4, 0.5) is 0 Å². The van der Waals surface area contributed by atoms with Gasteiger partial charge in [0.05, 0.1) is 0 Å². The first-order chi connectivity index (χ1) is 8.35. The molecule has 0 unspecified atom stereocenters. The Bertz CT molecular complexity index is 475. The van der Waals surface area contributed by atoms with Gasteiger partial charge in [-0.25, -0.2) is 0 Å². The zero-order valence-corrected chi connectivity index (χ0v) is 11.3. The normalized spacial score (nSPS) is 11.2. The van der Waals surface area contributed by atoms with Gasteiger partial charge >= 0.3 is 9.28 Å². The van der Waals surface area contributed by atoms with Gasteiger partial charge in [-0.2, -0.15) is 0 Å². The minimum atomic E-state index is -1.09. The van der Waals surface area contributed by atoms with Crippen LogP contribution in [0.15, 0.2) is 42.5 Å². The van der Waals surface area contributed by atoms with E-state index in [1.54, 1.807) is 14.2 Å². The van der Waals surface area contributed by atoms with Crippen molar-refractivity contribution in [2.24, 2.45) is 0 Å². The van der Waals surface area contributed by atoms with Crippen LogP contribution in [0.25, 0.3) is 10.8 Å². The van der Waals surface area contributed by atoms with Crippen molar-refractivity contribution in [2.45, 2.75) is 12.5 Å². The molecule has 0 saturated heterocycles. The summed E-state index contributed by atoms with van der Waals surface area (Å²) in [5.74, 6) is 0. The Morgan fingerprint density at radius 1 is 0.941 bits per heavy atom. The minimum absolute atomic E-state index is 0.978. The maximum absolute atomic E-state index is 5.31. The zero-order chi connectivity index (χ0) is 12.1. The van der Waals surface area contributed by atoms with Gasteiger partial charge in [0.25, 0.3) is 0 Å². The number of rotatable bonds is 5. The fourth-order valence-corrected chi connectivity index (χ4v) is 3.08. The average Bonchev–Trinajstić information content (AvgIpc) is 2.40. The van der Waals surface area contributed by atoms with Crippen LogP contribution in [-0.2, 0) is 15.3 Å². The second kappa shape index (κ2) is 5.96. The summed E-state index contributed by atoms with van der Waals surface area (Å²) in [6.45, 7) is 0. The lowest BCUT2D eigenvalue weighted by Crippen LogP contribution is -2.19. The van der Waals surface area contributed by atoms with E-state index in [9.17, 15) is 0 Å². The second-order valence-electron chi connectivity index (χ2n) is 3.92. The summed E-state index contributed by atoms with van der Waals surface area (Å²) in [5.41, 5.74) is 1.37. The van der Waals surface area contributed by atoms with Crippen LogP contribution < -0.4 is 0 Å². The molecule has 0 aromatic heterocycles. The van der Waals surface area contributed by atoms with E-state index in [-0.39, 0.29) is 0 Å². The predicted octanol–water partition coefficient (Wildman–Crippen LogP) is 3.16. The van der Waals surface area contributed by atoms with Crippen molar-refractivity contribution in [3.05, 3.63) is 48.0 Å². The molecule has 0 bridgehead atoms. The SMILES string of the molecule is CO[Si](CCc1cccc2ccccc12)OC. The smallest absolute Gasteiger partial charge is 0.384 e. The second-order valence-corrected chi connectivity index (χ2v) is 5.98. The molecule has 0 aliphatic heterocycles. The molecule has 3 heteroatoms. The molecule has 0 atom stereocenters. The van der Waals surface area contributed by atoms with Crippen LogP contribution in [0, 0.1) is 0 Å². The van der Waals surface area contributed by atoms with E-state index in [1.165, 1.54) is 16.3 Å². The topological polar surface area (TPSA) is 18.5 Å². The lowest BCUT2D eigenvalue weighted by atomic mass is 10.0. The van der Waals surface area contributed by atoms with Crippen LogP contribution in [0.2, 0.25) is 6.04 Å². The van der Waals surface area contributed by atoms with Crippen molar-refractivity contribution >= 4 is 20.1 Å². The molecule has 17 heavy (non-hydrogen) atoms. The summed E-state index contributed by atoms with van der Waals surface area (Å²) in [6, 6.07) is 15.9. The van der Waals surface area contributed by atoms with Gasteiger partial charge < -0.3 is 8.85 Å². The van der Waals surface area contributed by atoms with Crippen molar-refractivity contribution in [1.82, 2.24) is 0 Å². The summed E-state index contributed by atoms with van der Waals surface area (Å²) in [6.07, 6.45) is 1.01. The van der Waals surface area contributed by atoms with E-state index in [1.807, 2.05) is 0 Å². The molecule has 0 heterocycles. The van der Waals surface area contributed by atoms with E-state index in [2.05, 4.69) is 42.5 Å². The third kappa shape index (κ3) is 2.94. The van der Waals surface area contributed by atoms with Gasteiger partial charge in [0, 0.05) is 14.2 Å². The maximum Gasteiger partial charge on any atom is 0.384 e. The van der Waals surface area contributed by atoms with Gasteiger partial charge in [0.1, 0.15) is 0 Å². The molecule has 0 spiro atoms. The van der Waals surface area contributed by atoms with Gasteiger partial charge in [-0.15, -0.1) is 0 Å². The molecular formula is C14H17O2Si. The van der Waals surface area contributed by atoms with E-state index in [0.717, 1.165) is 12.5 Å². The van der Waals surface area contributed by atoms with Crippen molar-refractivity contribution in [3.63, 3.8) is 0 Å². The first-order valence-electron chi connectivity index (χ1n) is 5.75. The van der Waals surface area contributed by atoms with E-state index in [4.69, 9.17) is 8.85 Å². The van der Waals surface area contributed by atoms with Crippen LogP contribution in [0.5, 0.6) is 0 Å². The van der Waals surface area contributed by atoms with E-state index < -0.39 is 9.28 Å². The minimum Gasteiger partial charge on any atom is -0.397 e. The maximum atomic E-state index is 5.31. The zero-order valence-electron chi connectivity index (χ0n) is 10.3. The molecule has 2 nitrogen and oxygen atoms in total. The fourth-order valence-electron chi connectivity index (χ4n) is 2.03. The van der Waals surface area contributed by atoms with Crippen LogP contribution >= 0.6 is 0 Å². The first-order valence-corrected chi connectivity index (χ1v) is 7.28. The van der Waals surface area contributed by atoms with Crippen molar-refractivity contribution < 1.29 is 8.85 Å². The summed E-state index contributed by atoms with van der Waals surface area (Å²) < 4.78 is 10.6. The molecule has 89 valence electrons. The van der Waals surface area contributed by atoms with Crippen LogP contribution in [-0.4, -0.2) is 23.5 Å². The highest BCUT2D eigenvalue weighted by Crippen LogP contribution is 2.20. The Morgan fingerprint density at radius 2 is 1.65 bits per heavy atom. The molecule has 0 aliphatic rings. The molecule has 1 radical (unpaired) electrons. The Balaban J connectivity index is 2.18. The molecule has 2 rings (SSSR count). The lowest BCUT2D eigenvalue weighted by Gasteiger charge is -2.10. The Kier molecular flexibility index (Phi) is 4.31. The largest absolute Gasteiger partial charge is 0.397 e. The molecule has 2 aromatic carbocycles. The third-order valence-corrected chi connectivity index (χ3v) is 4.50. The molecule has 2 aromatic rings. The standard InChI is InChI=1S/C14H17O2Si/c1-15-17(16-2)11-10-13-8-5-7-12-6-3-4-9-14(12)13/h3-9H,10-11H2,1-2H3. The van der Waals surface area contributed by atoms with Crippen molar-refractivity contribution in [3.8, 4) is 0 Å². The van der Waals surface area contributed by atoms with Gasteiger partial charge in [0.2, 0.25) is 0 Å². The molecule has 0 N–H and O–H groups in total. The third-order valence-electron chi connectivity index (χ3n) is 2.93. The first kappa shape index (κ1) is 12.3. The molecule has 0 fully saturated rings. The number of hydrogen-bond donors (Lipinski definition) is 0. The molecule has 0 aliphatic carbocycles. The molecule has 0 saturated carbocycles. The van der Waals surface area contributed by atoms with Crippen molar-refractivity contribution in [2.75, 3.05) is 14.2 Å². The van der Waals surface area contributed by atoms with Gasteiger partial charge in [-0.05, 0) is 28.8 Å². The Morgan fingerprint density at radius 3 is 2.41 bits per heavy atom. The lowest BCUT2D eigenvalue weighted by molar-refractivity contribution is 0.277. The highest BCUT2D eigenvalue weighted by molar-refractivity contribution is 6.44. The van der Waals surface area contributed by atoms with E-state index in [0.29, 0.717) is 0 Å². The van der Waals surface area contributed by atoms with E-state index >= 15 is 0 Å². The fraction of sp³-hybridized carbons (Fsp3) is 0.286. The Labute approximate surface area is 104 Å². The van der Waals surface area contributed by atoms with Gasteiger partial charge in [0.15, 0.2) is 0 Å².